The summed E-state index contributed by atoms with van der Waals surface area (Å²) in [6.07, 6.45) is -0.276. The Morgan fingerprint density at radius 2 is 2.00 bits per heavy atom. The molecule has 94 valence electrons. The van der Waals surface area contributed by atoms with Gasteiger partial charge in [0.2, 0.25) is 0 Å². The minimum Gasteiger partial charge on any atom is -0.497 e. The van der Waals surface area contributed by atoms with Crippen LogP contribution in [0.2, 0.25) is 0 Å². The number of halogens is 2. The zero-order valence-corrected chi connectivity index (χ0v) is 9.24. The van der Waals surface area contributed by atoms with E-state index in [2.05, 4.69) is 0 Å². The number of benzene rings is 1. The molecule has 0 spiro atoms. The number of ether oxygens (including phenoxy) is 1. The molecule has 0 heterocycles. The number of nitrogens with two attached hydrogens (primary N) is 1. The van der Waals surface area contributed by atoms with Crippen LogP contribution in [-0.4, -0.2) is 18.2 Å². The molecule has 4 nitrogen and oxygen atoms in total. The normalized spacial score (nSPS) is 12.2. The topological polar surface area (TPSA) is 72.5 Å². The van der Waals surface area contributed by atoms with Crippen LogP contribution in [-0.2, 0) is 4.79 Å². The lowest BCUT2D eigenvalue weighted by Gasteiger charge is -2.13. The van der Waals surface area contributed by atoms with Crippen molar-refractivity contribution in [1.29, 1.82) is 0 Å². The highest BCUT2D eigenvalue weighted by Gasteiger charge is 2.19. The first-order valence-electron chi connectivity index (χ1n) is 4.96. The van der Waals surface area contributed by atoms with Crippen molar-refractivity contribution in [3.63, 3.8) is 0 Å². The van der Waals surface area contributed by atoms with Crippen molar-refractivity contribution < 1.29 is 23.4 Å². The van der Waals surface area contributed by atoms with Gasteiger partial charge in [0.05, 0.1) is 7.11 Å². The van der Waals surface area contributed by atoms with E-state index >= 15 is 0 Å². The van der Waals surface area contributed by atoms with E-state index in [4.69, 9.17) is 15.6 Å². The van der Waals surface area contributed by atoms with E-state index in [0.717, 1.165) is 12.1 Å². The second-order valence-corrected chi connectivity index (χ2v) is 3.54. The first-order valence-corrected chi connectivity index (χ1v) is 4.96. The van der Waals surface area contributed by atoms with Crippen LogP contribution in [0.1, 0.15) is 24.4 Å². The summed E-state index contributed by atoms with van der Waals surface area (Å²) in [5.74, 6) is -2.68. The minimum absolute atomic E-state index is 0.0322. The molecule has 0 aromatic heterocycles. The van der Waals surface area contributed by atoms with Gasteiger partial charge in [-0.15, -0.1) is 0 Å². The van der Waals surface area contributed by atoms with Gasteiger partial charge in [-0.1, -0.05) is 0 Å². The number of carboxylic acid groups (broad SMARTS) is 1. The average molecular weight is 245 g/mol. The van der Waals surface area contributed by atoms with Gasteiger partial charge in [0.15, 0.2) is 0 Å². The van der Waals surface area contributed by atoms with Gasteiger partial charge in [-0.05, 0) is 6.42 Å². The fourth-order valence-corrected chi connectivity index (χ4v) is 1.46. The Bertz CT molecular complexity index is 400. The standard InChI is InChI=1S/C11H13F2NO3/c1-17-6-4-7(12)11(8(13)5-6)9(14)2-3-10(15)16/h4-5,9H,2-3,14H2,1H3,(H,15,16). The first kappa shape index (κ1) is 13.4. The molecule has 0 aliphatic rings. The minimum atomic E-state index is -1.06. The molecule has 17 heavy (non-hydrogen) atoms. The number of methoxy groups -OCH3 is 1. The quantitative estimate of drug-likeness (QED) is 0.830. The molecule has 0 fully saturated rings. The lowest BCUT2D eigenvalue weighted by molar-refractivity contribution is -0.137. The van der Waals surface area contributed by atoms with Crippen LogP contribution in [0.3, 0.4) is 0 Å². The van der Waals surface area contributed by atoms with Crippen molar-refractivity contribution >= 4 is 5.97 Å². The highest BCUT2D eigenvalue weighted by atomic mass is 19.1. The fourth-order valence-electron chi connectivity index (χ4n) is 1.46. The first-order chi connectivity index (χ1) is 7.95. The molecule has 1 unspecified atom stereocenters. The van der Waals surface area contributed by atoms with Gasteiger partial charge in [-0.3, -0.25) is 4.79 Å². The summed E-state index contributed by atoms with van der Waals surface area (Å²) in [7, 11) is 1.29. The molecule has 1 atom stereocenters. The van der Waals surface area contributed by atoms with Crippen molar-refractivity contribution in [3.05, 3.63) is 29.3 Å². The predicted molar refractivity (Wildman–Crippen MR) is 56.7 cm³/mol. The zero-order valence-electron chi connectivity index (χ0n) is 9.24. The Labute approximate surface area is 97.0 Å². The van der Waals surface area contributed by atoms with Crippen LogP contribution < -0.4 is 10.5 Å². The van der Waals surface area contributed by atoms with Gasteiger partial charge in [0.25, 0.3) is 0 Å². The van der Waals surface area contributed by atoms with E-state index in [0.29, 0.717) is 0 Å². The van der Waals surface area contributed by atoms with Crippen LogP contribution in [0, 0.1) is 11.6 Å². The largest absolute Gasteiger partial charge is 0.497 e. The molecule has 1 rings (SSSR count). The number of hydrogen-bond acceptors (Lipinski definition) is 3. The number of hydrogen-bond donors (Lipinski definition) is 2. The van der Waals surface area contributed by atoms with Crippen LogP contribution in [0.15, 0.2) is 12.1 Å². The SMILES string of the molecule is COc1cc(F)c(C(N)CCC(=O)O)c(F)c1. The van der Waals surface area contributed by atoms with Crippen LogP contribution in [0.5, 0.6) is 5.75 Å². The Kier molecular flexibility index (Phi) is 4.39. The van der Waals surface area contributed by atoms with E-state index in [9.17, 15) is 13.6 Å². The van der Waals surface area contributed by atoms with Crippen molar-refractivity contribution in [2.24, 2.45) is 5.73 Å². The predicted octanol–water partition coefficient (Wildman–Crippen LogP) is 1.84. The molecule has 0 bridgehead atoms. The third kappa shape index (κ3) is 3.39. The van der Waals surface area contributed by atoms with Gasteiger partial charge >= 0.3 is 5.97 Å². The van der Waals surface area contributed by atoms with Crippen molar-refractivity contribution in [2.45, 2.75) is 18.9 Å². The molecule has 3 N–H and O–H groups in total. The van der Waals surface area contributed by atoms with Crippen molar-refractivity contribution in [1.82, 2.24) is 0 Å². The number of carboxylic acids is 1. The van der Waals surface area contributed by atoms with Crippen LogP contribution >= 0.6 is 0 Å². The lowest BCUT2D eigenvalue weighted by Crippen LogP contribution is -2.16. The van der Waals surface area contributed by atoms with Gasteiger partial charge in [0, 0.05) is 30.2 Å². The molecular weight excluding hydrogens is 232 g/mol. The molecular formula is C11H13F2NO3. The van der Waals surface area contributed by atoms with E-state index in [1.165, 1.54) is 7.11 Å². The summed E-state index contributed by atoms with van der Waals surface area (Å²) in [6, 6.07) is 1.04. The number of carbonyl (C=O) groups is 1. The number of aliphatic carboxylic acids is 1. The Morgan fingerprint density at radius 1 is 1.47 bits per heavy atom. The highest BCUT2D eigenvalue weighted by molar-refractivity contribution is 5.66. The molecule has 1 aromatic rings. The van der Waals surface area contributed by atoms with E-state index in [1.807, 2.05) is 0 Å². The van der Waals surface area contributed by atoms with Gasteiger partial charge < -0.3 is 15.6 Å². The maximum absolute atomic E-state index is 13.5. The Morgan fingerprint density at radius 3 is 2.41 bits per heavy atom. The molecule has 1 aromatic carbocycles. The summed E-state index contributed by atoms with van der Waals surface area (Å²) < 4.78 is 31.7. The van der Waals surface area contributed by atoms with Crippen molar-refractivity contribution in [2.75, 3.05) is 7.11 Å². The monoisotopic (exact) mass is 245 g/mol. The summed E-state index contributed by atoms with van der Waals surface area (Å²) >= 11 is 0. The number of rotatable bonds is 5. The average Bonchev–Trinajstić information content (AvgIpc) is 2.25. The van der Waals surface area contributed by atoms with Gasteiger partial charge in [0.1, 0.15) is 17.4 Å². The maximum Gasteiger partial charge on any atom is 0.303 e. The van der Waals surface area contributed by atoms with Crippen molar-refractivity contribution in [3.8, 4) is 5.75 Å². The summed E-state index contributed by atoms with van der Waals surface area (Å²) in [4.78, 5) is 10.3. The molecule has 0 amide bonds. The molecule has 0 saturated carbocycles. The second-order valence-electron chi connectivity index (χ2n) is 3.54. The van der Waals surface area contributed by atoms with Gasteiger partial charge in [-0.25, -0.2) is 8.78 Å². The summed E-state index contributed by atoms with van der Waals surface area (Å²) in [5.41, 5.74) is 5.24. The van der Waals surface area contributed by atoms with E-state index in [-0.39, 0.29) is 24.2 Å². The summed E-state index contributed by atoms with van der Waals surface area (Å²) in [6.45, 7) is 0. The Hall–Kier alpha value is -1.69. The second kappa shape index (κ2) is 5.58. The van der Waals surface area contributed by atoms with E-state index in [1.54, 1.807) is 0 Å². The lowest BCUT2D eigenvalue weighted by atomic mass is 10.0. The molecule has 0 saturated heterocycles. The van der Waals surface area contributed by atoms with E-state index < -0.39 is 23.6 Å². The van der Waals surface area contributed by atoms with Gasteiger partial charge in [-0.2, -0.15) is 0 Å². The summed E-state index contributed by atoms with van der Waals surface area (Å²) in [5, 5.41) is 8.47. The zero-order chi connectivity index (χ0) is 13.0. The molecule has 0 aliphatic carbocycles. The maximum atomic E-state index is 13.5. The molecule has 6 heteroatoms. The Balaban J connectivity index is 2.93. The third-order valence-electron chi connectivity index (χ3n) is 2.33. The molecule has 0 radical (unpaired) electrons. The third-order valence-corrected chi connectivity index (χ3v) is 2.33. The van der Waals surface area contributed by atoms with Crippen LogP contribution in [0.4, 0.5) is 8.78 Å². The van der Waals surface area contributed by atoms with Crippen LogP contribution in [0.25, 0.3) is 0 Å². The fraction of sp³-hybridized carbons (Fsp3) is 0.364. The molecule has 0 aliphatic heterocycles. The highest BCUT2D eigenvalue weighted by Crippen LogP contribution is 2.26. The smallest absolute Gasteiger partial charge is 0.303 e.